The lowest BCUT2D eigenvalue weighted by Crippen LogP contribution is -2.28. The Morgan fingerprint density at radius 1 is 1.09 bits per heavy atom. The van der Waals surface area contributed by atoms with Gasteiger partial charge in [-0.2, -0.15) is 0 Å². The molecular formula is C22H23N7O3S2. The minimum atomic E-state index is -3.47. The first-order chi connectivity index (χ1) is 16.2. The summed E-state index contributed by atoms with van der Waals surface area (Å²) in [5.41, 5.74) is 4.81. The smallest absolute Gasteiger partial charge is 0.321 e. The maximum absolute atomic E-state index is 12.0. The third-order valence-electron chi connectivity index (χ3n) is 4.99. The van der Waals surface area contributed by atoms with E-state index >= 15 is 0 Å². The molecule has 3 heterocycles. The van der Waals surface area contributed by atoms with E-state index in [-0.39, 0.29) is 12.0 Å². The van der Waals surface area contributed by atoms with Gasteiger partial charge in [0.2, 0.25) is 16.0 Å². The first-order valence-corrected chi connectivity index (χ1v) is 13.0. The second-order valence-corrected chi connectivity index (χ2v) is 10.6. The summed E-state index contributed by atoms with van der Waals surface area (Å²) in [6.45, 7) is 4.31. The van der Waals surface area contributed by atoms with Crippen LogP contribution in [0.5, 0.6) is 0 Å². The summed E-state index contributed by atoms with van der Waals surface area (Å²) in [4.78, 5) is 29.6. The fraction of sp³-hybridized carbons (Fsp3) is 0.227. The Bertz CT molecular complexity index is 1450. The SMILES string of the molecule is CCNC(=O)Nc1nc2cc(-c3cnc(N(C)S(C)(=O)=O)nc3)cc(-c3ccc(C)cn3)c2s1. The molecule has 0 aliphatic rings. The standard InChI is InChI=1S/C22H23N7O3S2/c1-5-23-21(30)28-22-27-18-9-14(15-11-25-20(26-12-15)29(3)34(4,31)32)8-16(19(18)33-22)17-7-6-13(2)10-24-17/h6-12H,5H2,1-4H3,(H2,23,27,28,30). The Kier molecular flexibility index (Phi) is 6.44. The van der Waals surface area contributed by atoms with Crippen LogP contribution in [0.3, 0.4) is 0 Å². The van der Waals surface area contributed by atoms with Crippen LogP contribution in [0.4, 0.5) is 15.9 Å². The van der Waals surface area contributed by atoms with E-state index in [1.54, 1.807) is 18.6 Å². The lowest BCUT2D eigenvalue weighted by molar-refractivity contribution is 0.252. The van der Waals surface area contributed by atoms with Crippen LogP contribution in [-0.2, 0) is 10.0 Å². The minimum Gasteiger partial charge on any atom is -0.338 e. The number of hydrogen-bond donors (Lipinski definition) is 2. The molecule has 4 aromatic rings. The normalized spacial score (nSPS) is 11.4. The molecule has 2 amide bonds. The quantitative estimate of drug-likeness (QED) is 0.416. The fourth-order valence-electron chi connectivity index (χ4n) is 3.15. The Morgan fingerprint density at radius 2 is 1.82 bits per heavy atom. The molecule has 12 heteroatoms. The summed E-state index contributed by atoms with van der Waals surface area (Å²) in [7, 11) is -2.07. The summed E-state index contributed by atoms with van der Waals surface area (Å²) in [6, 6.07) is 7.44. The first-order valence-electron chi connectivity index (χ1n) is 10.3. The average Bonchev–Trinajstić information content (AvgIpc) is 3.20. The Hall–Kier alpha value is -3.64. The van der Waals surface area contributed by atoms with E-state index in [4.69, 9.17) is 0 Å². The van der Waals surface area contributed by atoms with Crippen molar-refractivity contribution in [2.75, 3.05) is 29.5 Å². The summed E-state index contributed by atoms with van der Waals surface area (Å²) < 4.78 is 25.4. The van der Waals surface area contributed by atoms with Crippen LogP contribution in [-0.4, -0.2) is 54.2 Å². The van der Waals surface area contributed by atoms with Crippen molar-refractivity contribution < 1.29 is 13.2 Å². The number of thiazole rings is 1. The van der Waals surface area contributed by atoms with E-state index in [2.05, 4.69) is 30.6 Å². The van der Waals surface area contributed by atoms with E-state index in [1.165, 1.54) is 18.4 Å². The molecule has 0 fully saturated rings. The van der Waals surface area contributed by atoms with Crippen LogP contribution in [0.2, 0.25) is 0 Å². The van der Waals surface area contributed by atoms with Gasteiger partial charge in [0, 0.05) is 43.3 Å². The van der Waals surface area contributed by atoms with Crippen molar-refractivity contribution in [3.63, 3.8) is 0 Å². The summed E-state index contributed by atoms with van der Waals surface area (Å²) in [5.74, 6) is 0.0785. The van der Waals surface area contributed by atoms with Crippen molar-refractivity contribution in [1.29, 1.82) is 0 Å². The van der Waals surface area contributed by atoms with Crippen LogP contribution in [0.25, 0.3) is 32.6 Å². The molecule has 10 nitrogen and oxygen atoms in total. The summed E-state index contributed by atoms with van der Waals surface area (Å²) >= 11 is 1.36. The van der Waals surface area contributed by atoms with Gasteiger partial charge in [0.05, 0.1) is 22.2 Å². The van der Waals surface area contributed by atoms with E-state index in [1.807, 2.05) is 38.1 Å². The maximum Gasteiger partial charge on any atom is 0.321 e. The highest BCUT2D eigenvalue weighted by Crippen LogP contribution is 2.38. The zero-order chi connectivity index (χ0) is 24.5. The van der Waals surface area contributed by atoms with Crippen molar-refractivity contribution in [1.82, 2.24) is 25.3 Å². The number of pyridine rings is 1. The zero-order valence-corrected chi connectivity index (χ0v) is 20.7. The van der Waals surface area contributed by atoms with Crippen LogP contribution in [0, 0.1) is 6.92 Å². The average molecular weight is 498 g/mol. The molecule has 1 aromatic carbocycles. The van der Waals surface area contributed by atoms with Gasteiger partial charge in [-0.25, -0.2) is 32.5 Å². The zero-order valence-electron chi connectivity index (χ0n) is 19.0. The molecule has 4 rings (SSSR count). The Labute approximate surface area is 201 Å². The van der Waals surface area contributed by atoms with Crippen LogP contribution < -0.4 is 14.9 Å². The third-order valence-corrected chi connectivity index (χ3v) is 7.16. The van der Waals surface area contributed by atoms with Crippen molar-refractivity contribution in [2.45, 2.75) is 13.8 Å². The number of amides is 2. The largest absolute Gasteiger partial charge is 0.338 e. The van der Waals surface area contributed by atoms with Gasteiger partial charge in [-0.1, -0.05) is 17.4 Å². The van der Waals surface area contributed by atoms with Crippen LogP contribution in [0.1, 0.15) is 12.5 Å². The number of urea groups is 1. The Balaban J connectivity index is 1.81. The topological polar surface area (TPSA) is 130 Å². The molecular weight excluding hydrogens is 474 g/mol. The van der Waals surface area contributed by atoms with Gasteiger partial charge in [-0.15, -0.1) is 0 Å². The lowest BCUT2D eigenvalue weighted by atomic mass is 10.0. The second-order valence-electron chi connectivity index (χ2n) is 7.60. The van der Waals surface area contributed by atoms with Crippen LogP contribution >= 0.6 is 11.3 Å². The first kappa shape index (κ1) is 23.5. The Morgan fingerprint density at radius 3 is 2.44 bits per heavy atom. The number of carbonyl (C=O) groups is 1. The van der Waals surface area contributed by atoms with E-state index in [0.717, 1.165) is 37.6 Å². The molecule has 0 bridgehead atoms. The van der Waals surface area contributed by atoms with E-state index in [0.29, 0.717) is 22.8 Å². The highest BCUT2D eigenvalue weighted by atomic mass is 32.2. The molecule has 34 heavy (non-hydrogen) atoms. The van der Waals surface area contributed by atoms with Gasteiger partial charge in [0.1, 0.15) is 0 Å². The number of fused-ring (bicyclic) bond motifs is 1. The van der Waals surface area contributed by atoms with Gasteiger partial charge >= 0.3 is 6.03 Å². The van der Waals surface area contributed by atoms with Gasteiger partial charge in [-0.3, -0.25) is 10.3 Å². The molecule has 0 radical (unpaired) electrons. The minimum absolute atomic E-state index is 0.0785. The number of anilines is 2. The van der Waals surface area contributed by atoms with Crippen molar-refractivity contribution >= 4 is 48.7 Å². The number of aromatic nitrogens is 4. The number of rotatable bonds is 6. The molecule has 2 N–H and O–H groups in total. The van der Waals surface area contributed by atoms with Gasteiger partial charge in [-0.05, 0) is 43.2 Å². The summed E-state index contributed by atoms with van der Waals surface area (Å²) in [6.07, 6.45) is 6.02. The van der Waals surface area contributed by atoms with Crippen LogP contribution in [0.15, 0.2) is 42.9 Å². The number of nitrogens with one attached hydrogen (secondary N) is 2. The number of nitrogens with zero attached hydrogens (tertiary/aromatic N) is 5. The molecule has 0 unspecified atom stereocenters. The fourth-order valence-corrected chi connectivity index (χ4v) is 4.51. The van der Waals surface area contributed by atoms with E-state index < -0.39 is 10.0 Å². The molecule has 0 saturated carbocycles. The highest BCUT2D eigenvalue weighted by molar-refractivity contribution is 7.92. The molecule has 0 aliphatic heterocycles. The number of carbonyl (C=O) groups excluding carboxylic acids is 1. The predicted octanol–water partition coefficient (Wildman–Crippen LogP) is 3.66. The van der Waals surface area contributed by atoms with Gasteiger partial charge < -0.3 is 5.32 Å². The van der Waals surface area contributed by atoms with Gasteiger partial charge in [0.15, 0.2) is 5.13 Å². The van der Waals surface area contributed by atoms with Crippen molar-refractivity contribution in [3.8, 4) is 22.4 Å². The maximum atomic E-state index is 12.0. The number of aryl methyl sites for hydroxylation is 1. The predicted molar refractivity (Wildman–Crippen MR) is 135 cm³/mol. The number of benzene rings is 1. The van der Waals surface area contributed by atoms with E-state index in [9.17, 15) is 13.2 Å². The molecule has 0 spiro atoms. The molecule has 0 atom stereocenters. The monoisotopic (exact) mass is 497 g/mol. The highest BCUT2D eigenvalue weighted by Gasteiger charge is 2.17. The molecule has 0 aliphatic carbocycles. The second kappa shape index (κ2) is 9.31. The number of hydrogen-bond acceptors (Lipinski definition) is 8. The number of sulfonamides is 1. The van der Waals surface area contributed by atoms with Crippen molar-refractivity contribution in [2.24, 2.45) is 0 Å². The summed E-state index contributed by atoms with van der Waals surface area (Å²) in [5, 5.41) is 5.92. The van der Waals surface area contributed by atoms with Gasteiger partial charge in [0.25, 0.3) is 0 Å². The molecule has 0 saturated heterocycles. The van der Waals surface area contributed by atoms with Crippen molar-refractivity contribution in [3.05, 3.63) is 48.4 Å². The molecule has 3 aromatic heterocycles. The molecule has 176 valence electrons. The lowest BCUT2D eigenvalue weighted by Gasteiger charge is -2.14. The third kappa shape index (κ3) is 4.97.